The topological polar surface area (TPSA) is 82.5 Å². The third kappa shape index (κ3) is 3.73. The van der Waals surface area contributed by atoms with Gasteiger partial charge in [0.1, 0.15) is 5.82 Å². The Kier molecular flexibility index (Phi) is 5.10. The number of carboxylic acid groups (broad SMARTS) is 1. The maximum absolute atomic E-state index is 11.4. The van der Waals surface area contributed by atoms with Crippen molar-refractivity contribution >= 4 is 17.7 Å². The maximum atomic E-state index is 11.4. The Hall–Kier alpha value is -2.11. The van der Waals surface area contributed by atoms with Crippen LogP contribution in [0.15, 0.2) is 18.2 Å². The SMILES string of the molecule is CCCN(CC(=O)NC)c1cccc(C(=O)O)n1. The van der Waals surface area contributed by atoms with Crippen molar-refractivity contribution in [3.05, 3.63) is 23.9 Å². The minimum Gasteiger partial charge on any atom is -0.477 e. The number of likely N-dealkylation sites (N-methyl/N-ethyl adjacent to an activating group) is 1. The number of amides is 1. The smallest absolute Gasteiger partial charge is 0.354 e. The fraction of sp³-hybridized carbons (Fsp3) is 0.417. The van der Waals surface area contributed by atoms with Crippen molar-refractivity contribution in [2.24, 2.45) is 0 Å². The Morgan fingerprint density at radius 3 is 2.72 bits per heavy atom. The fourth-order valence-corrected chi connectivity index (χ4v) is 1.52. The molecule has 0 saturated heterocycles. The van der Waals surface area contributed by atoms with Crippen LogP contribution in [0.2, 0.25) is 0 Å². The summed E-state index contributed by atoms with van der Waals surface area (Å²) in [5.41, 5.74) is -0.0227. The number of pyridine rings is 1. The number of hydrogen-bond acceptors (Lipinski definition) is 4. The van der Waals surface area contributed by atoms with E-state index in [-0.39, 0.29) is 18.1 Å². The van der Waals surface area contributed by atoms with Gasteiger partial charge in [-0.1, -0.05) is 13.0 Å². The molecule has 18 heavy (non-hydrogen) atoms. The van der Waals surface area contributed by atoms with E-state index in [2.05, 4.69) is 10.3 Å². The number of carbonyl (C=O) groups excluding carboxylic acids is 1. The van der Waals surface area contributed by atoms with Gasteiger partial charge in [0.25, 0.3) is 0 Å². The number of hydrogen-bond donors (Lipinski definition) is 2. The maximum Gasteiger partial charge on any atom is 0.354 e. The summed E-state index contributed by atoms with van der Waals surface area (Å²) in [4.78, 5) is 28.0. The first kappa shape index (κ1) is 14.0. The lowest BCUT2D eigenvalue weighted by molar-refractivity contribution is -0.119. The summed E-state index contributed by atoms with van der Waals surface area (Å²) in [5.74, 6) is -0.709. The number of carbonyl (C=O) groups is 2. The molecule has 0 aliphatic carbocycles. The van der Waals surface area contributed by atoms with Crippen LogP contribution in [0.25, 0.3) is 0 Å². The predicted octanol–water partition coefficient (Wildman–Crippen LogP) is 0.742. The van der Waals surface area contributed by atoms with Gasteiger partial charge >= 0.3 is 5.97 Å². The molecule has 1 heterocycles. The molecule has 98 valence electrons. The van der Waals surface area contributed by atoms with E-state index in [1.165, 1.54) is 6.07 Å². The highest BCUT2D eigenvalue weighted by molar-refractivity contribution is 5.86. The van der Waals surface area contributed by atoms with Crippen LogP contribution < -0.4 is 10.2 Å². The van der Waals surface area contributed by atoms with E-state index in [4.69, 9.17) is 5.11 Å². The minimum absolute atomic E-state index is 0.0227. The number of aromatic nitrogens is 1. The molecule has 1 aromatic rings. The van der Waals surface area contributed by atoms with Crippen molar-refractivity contribution in [2.75, 3.05) is 25.0 Å². The van der Waals surface area contributed by atoms with Crippen molar-refractivity contribution in [3.63, 3.8) is 0 Å². The van der Waals surface area contributed by atoms with E-state index in [1.807, 2.05) is 6.92 Å². The minimum atomic E-state index is -1.08. The van der Waals surface area contributed by atoms with Crippen molar-refractivity contribution < 1.29 is 14.7 Å². The van der Waals surface area contributed by atoms with Crippen LogP contribution in [0.3, 0.4) is 0 Å². The van der Waals surface area contributed by atoms with Crippen LogP contribution in [-0.2, 0) is 4.79 Å². The number of aromatic carboxylic acids is 1. The van der Waals surface area contributed by atoms with Crippen LogP contribution in [-0.4, -0.2) is 42.1 Å². The largest absolute Gasteiger partial charge is 0.477 e. The van der Waals surface area contributed by atoms with E-state index in [9.17, 15) is 9.59 Å². The zero-order chi connectivity index (χ0) is 13.5. The Morgan fingerprint density at radius 1 is 1.44 bits per heavy atom. The lowest BCUT2D eigenvalue weighted by atomic mass is 10.3. The zero-order valence-electron chi connectivity index (χ0n) is 10.5. The van der Waals surface area contributed by atoms with Crippen LogP contribution in [0.1, 0.15) is 23.8 Å². The fourth-order valence-electron chi connectivity index (χ4n) is 1.52. The van der Waals surface area contributed by atoms with Crippen molar-refractivity contribution in [3.8, 4) is 0 Å². The first-order valence-corrected chi connectivity index (χ1v) is 5.74. The molecule has 0 aliphatic heterocycles. The van der Waals surface area contributed by atoms with Crippen molar-refractivity contribution in [1.82, 2.24) is 10.3 Å². The zero-order valence-corrected chi connectivity index (χ0v) is 10.5. The van der Waals surface area contributed by atoms with Crippen molar-refractivity contribution in [1.29, 1.82) is 0 Å². The summed E-state index contributed by atoms with van der Waals surface area (Å²) < 4.78 is 0. The third-order valence-electron chi connectivity index (χ3n) is 2.38. The molecule has 0 spiro atoms. The monoisotopic (exact) mass is 251 g/mol. The second kappa shape index (κ2) is 6.58. The molecule has 6 heteroatoms. The first-order valence-electron chi connectivity index (χ1n) is 5.74. The molecule has 6 nitrogen and oxygen atoms in total. The molecule has 0 aliphatic rings. The van der Waals surface area contributed by atoms with Crippen molar-refractivity contribution in [2.45, 2.75) is 13.3 Å². The molecular weight excluding hydrogens is 234 g/mol. The van der Waals surface area contributed by atoms with E-state index in [0.29, 0.717) is 12.4 Å². The molecule has 0 aromatic carbocycles. The molecule has 1 aromatic heterocycles. The molecule has 0 radical (unpaired) electrons. The van der Waals surface area contributed by atoms with E-state index in [1.54, 1.807) is 24.1 Å². The van der Waals surface area contributed by atoms with Gasteiger partial charge in [0.05, 0.1) is 6.54 Å². The Labute approximate surface area is 106 Å². The summed E-state index contributed by atoms with van der Waals surface area (Å²) in [6.45, 7) is 2.79. The standard InChI is InChI=1S/C12H17N3O3/c1-3-7-15(8-11(16)13-2)10-6-4-5-9(14-10)12(17)18/h4-6H,3,7-8H2,1-2H3,(H,13,16)(H,17,18). The third-order valence-corrected chi connectivity index (χ3v) is 2.38. The number of anilines is 1. The van der Waals surface area contributed by atoms with Crippen LogP contribution in [0, 0.1) is 0 Å². The predicted molar refractivity (Wildman–Crippen MR) is 67.8 cm³/mol. The molecule has 0 fully saturated rings. The summed E-state index contributed by atoms with van der Waals surface area (Å²) in [5, 5.41) is 11.4. The Balaban J connectivity index is 2.94. The number of nitrogens with zero attached hydrogens (tertiary/aromatic N) is 2. The van der Waals surface area contributed by atoms with Gasteiger partial charge in [0.2, 0.25) is 5.91 Å². The lowest BCUT2D eigenvalue weighted by Gasteiger charge is -2.22. The van der Waals surface area contributed by atoms with Gasteiger partial charge < -0.3 is 15.3 Å². The molecule has 0 atom stereocenters. The molecule has 1 amide bonds. The molecular formula is C12H17N3O3. The summed E-state index contributed by atoms with van der Waals surface area (Å²) in [6, 6.07) is 4.75. The van der Waals surface area contributed by atoms with Gasteiger partial charge in [0.15, 0.2) is 5.69 Å². The highest BCUT2D eigenvalue weighted by Gasteiger charge is 2.13. The van der Waals surface area contributed by atoms with Crippen LogP contribution in [0.5, 0.6) is 0 Å². The molecule has 0 saturated carbocycles. The van der Waals surface area contributed by atoms with E-state index >= 15 is 0 Å². The highest BCUT2D eigenvalue weighted by atomic mass is 16.4. The second-order valence-corrected chi connectivity index (χ2v) is 3.78. The number of nitrogens with one attached hydrogen (secondary N) is 1. The number of rotatable bonds is 6. The lowest BCUT2D eigenvalue weighted by Crippen LogP contribution is -2.36. The van der Waals surface area contributed by atoms with Crippen LogP contribution >= 0.6 is 0 Å². The summed E-state index contributed by atoms with van der Waals surface area (Å²) >= 11 is 0. The highest BCUT2D eigenvalue weighted by Crippen LogP contribution is 2.12. The normalized spacial score (nSPS) is 9.89. The van der Waals surface area contributed by atoms with Gasteiger partial charge in [0, 0.05) is 13.6 Å². The first-order chi connectivity index (χ1) is 8.58. The molecule has 2 N–H and O–H groups in total. The van der Waals surface area contributed by atoms with Gasteiger partial charge in [-0.05, 0) is 18.6 Å². The molecule has 0 bridgehead atoms. The Bertz CT molecular complexity index is 434. The summed E-state index contributed by atoms with van der Waals surface area (Å²) in [7, 11) is 1.56. The Morgan fingerprint density at radius 2 is 2.17 bits per heavy atom. The van der Waals surface area contributed by atoms with E-state index in [0.717, 1.165) is 6.42 Å². The summed E-state index contributed by atoms with van der Waals surface area (Å²) in [6.07, 6.45) is 0.843. The molecule has 0 unspecified atom stereocenters. The van der Waals surface area contributed by atoms with Gasteiger partial charge in [-0.2, -0.15) is 0 Å². The average Bonchev–Trinajstić information content (AvgIpc) is 2.38. The van der Waals surface area contributed by atoms with Gasteiger partial charge in [-0.25, -0.2) is 9.78 Å². The van der Waals surface area contributed by atoms with Gasteiger partial charge in [-0.15, -0.1) is 0 Å². The van der Waals surface area contributed by atoms with E-state index < -0.39 is 5.97 Å². The average molecular weight is 251 g/mol. The second-order valence-electron chi connectivity index (χ2n) is 3.78. The quantitative estimate of drug-likeness (QED) is 0.779. The van der Waals surface area contributed by atoms with Gasteiger partial charge in [-0.3, -0.25) is 4.79 Å². The number of carboxylic acids is 1. The van der Waals surface area contributed by atoms with Crippen LogP contribution in [0.4, 0.5) is 5.82 Å². The molecule has 1 rings (SSSR count).